The van der Waals surface area contributed by atoms with Gasteiger partial charge in [-0.25, -0.2) is 9.50 Å². The maximum Gasteiger partial charge on any atom is 0.177 e. The van der Waals surface area contributed by atoms with Crippen LogP contribution in [0.25, 0.3) is 5.65 Å². The predicted molar refractivity (Wildman–Crippen MR) is 100 cm³/mol. The van der Waals surface area contributed by atoms with E-state index in [0.29, 0.717) is 19.0 Å². The summed E-state index contributed by atoms with van der Waals surface area (Å²) in [5.41, 5.74) is 15.4. The SMILES string of the molecule is CCOc1ccc(Nc2c(CCCCN)c(N)nn3ccnc23)cc1. The van der Waals surface area contributed by atoms with Gasteiger partial charge in [-0.2, -0.15) is 0 Å². The maximum atomic E-state index is 6.20. The number of nitrogens with one attached hydrogen (secondary N) is 1. The minimum atomic E-state index is 0.510. The fourth-order valence-electron chi connectivity index (χ4n) is 2.77. The van der Waals surface area contributed by atoms with E-state index < -0.39 is 0 Å². The monoisotopic (exact) mass is 340 g/mol. The van der Waals surface area contributed by atoms with Gasteiger partial charge in [0.05, 0.1) is 12.3 Å². The number of fused-ring (bicyclic) bond motifs is 1. The molecule has 0 atom stereocenters. The quantitative estimate of drug-likeness (QED) is 0.545. The Morgan fingerprint density at radius 1 is 1.20 bits per heavy atom. The Morgan fingerprint density at radius 3 is 2.72 bits per heavy atom. The van der Waals surface area contributed by atoms with Crippen LogP contribution in [0.1, 0.15) is 25.3 Å². The Hall–Kier alpha value is -2.80. The van der Waals surface area contributed by atoms with Crippen molar-refractivity contribution in [2.45, 2.75) is 26.2 Å². The predicted octanol–water partition coefficient (Wildman–Crippen LogP) is 2.74. The lowest BCUT2D eigenvalue weighted by Crippen LogP contribution is -2.09. The lowest BCUT2D eigenvalue weighted by molar-refractivity contribution is 0.340. The van der Waals surface area contributed by atoms with E-state index >= 15 is 0 Å². The Labute approximate surface area is 147 Å². The molecule has 0 bridgehead atoms. The second kappa shape index (κ2) is 7.85. The molecule has 0 amide bonds. The number of nitrogen functional groups attached to an aromatic ring is 1. The minimum absolute atomic E-state index is 0.510. The summed E-state index contributed by atoms with van der Waals surface area (Å²) in [6.45, 7) is 3.28. The van der Waals surface area contributed by atoms with Crippen molar-refractivity contribution in [3.63, 3.8) is 0 Å². The number of hydrogen-bond acceptors (Lipinski definition) is 6. The number of nitrogens with zero attached hydrogens (tertiary/aromatic N) is 3. The van der Waals surface area contributed by atoms with Crippen molar-refractivity contribution in [3.8, 4) is 5.75 Å². The number of imidazole rings is 1. The van der Waals surface area contributed by atoms with Gasteiger partial charge in [0, 0.05) is 23.6 Å². The normalized spacial score (nSPS) is 11.0. The van der Waals surface area contributed by atoms with E-state index in [4.69, 9.17) is 16.2 Å². The third-order valence-corrected chi connectivity index (χ3v) is 3.99. The standard InChI is InChI=1S/C18H24N6O/c1-2-25-14-8-6-13(7-9-14)22-16-15(5-3-4-10-19)17(20)23-24-12-11-21-18(16)24/h6-9,11-12,22H,2-5,10,19H2,1H3,(H2,20,23). The van der Waals surface area contributed by atoms with Gasteiger partial charge in [0.2, 0.25) is 0 Å². The van der Waals surface area contributed by atoms with E-state index in [0.717, 1.165) is 47.6 Å². The van der Waals surface area contributed by atoms with Gasteiger partial charge in [-0.1, -0.05) is 0 Å². The third-order valence-electron chi connectivity index (χ3n) is 3.99. The number of rotatable bonds is 8. The van der Waals surface area contributed by atoms with Crippen molar-refractivity contribution in [1.82, 2.24) is 14.6 Å². The highest BCUT2D eigenvalue weighted by Gasteiger charge is 2.15. The number of hydrogen-bond donors (Lipinski definition) is 3. The van der Waals surface area contributed by atoms with Crippen molar-refractivity contribution < 1.29 is 4.74 Å². The van der Waals surface area contributed by atoms with Gasteiger partial charge < -0.3 is 21.5 Å². The number of anilines is 3. The number of ether oxygens (including phenoxy) is 1. The summed E-state index contributed by atoms with van der Waals surface area (Å²) >= 11 is 0. The molecule has 1 aromatic carbocycles. The van der Waals surface area contributed by atoms with E-state index in [1.54, 1.807) is 16.9 Å². The van der Waals surface area contributed by atoms with Gasteiger partial charge in [-0.15, -0.1) is 5.10 Å². The highest BCUT2D eigenvalue weighted by Crippen LogP contribution is 2.30. The second-order valence-corrected chi connectivity index (χ2v) is 5.76. The van der Waals surface area contributed by atoms with Gasteiger partial charge in [-0.3, -0.25) is 0 Å². The Bertz CT molecular complexity index is 827. The molecule has 0 aliphatic rings. The van der Waals surface area contributed by atoms with Crippen molar-refractivity contribution in [1.29, 1.82) is 0 Å². The highest BCUT2D eigenvalue weighted by molar-refractivity contribution is 5.80. The van der Waals surface area contributed by atoms with Crippen molar-refractivity contribution >= 4 is 22.8 Å². The van der Waals surface area contributed by atoms with Crippen LogP contribution in [0.4, 0.5) is 17.2 Å². The molecular weight excluding hydrogens is 316 g/mol. The van der Waals surface area contributed by atoms with Crippen LogP contribution in [0.15, 0.2) is 36.7 Å². The summed E-state index contributed by atoms with van der Waals surface area (Å²) in [5.74, 6) is 1.35. The molecule has 0 saturated carbocycles. The van der Waals surface area contributed by atoms with Crippen LogP contribution in [0.5, 0.6) is 5.75 Å². The van der Waals surface area contributed by atoms with E-state index in [2.05, 4.69) is 15.4 Å². The van der Waals surface area contributed by atoms with E-state index in [1.807, 2.05) is 31.2 Å². The molecular formula is C18H24N6O. The molecule has 0 saturated heterocycles. The van der Waals surface area contributed by atoms with Crippen molar-refractivity contribution in [2.75, 3.05) is 24.2 Å². The lowest BCUT2D eigenvalue weighted by atomic mass is 10.1. The van der Waals surface area contributed by atoms with Crippen LogP contribution in [0.3, 0.4) is 0 Å². The van der Waals surface area contributed by atoms with Crippen molar-refractivity contribution in [2.24, 2.45) is 5.73 Å². The topological polar surface area (TPSA) is 103 Å². The van der Waals surface area contributed by atoms with Gasteiger partial charge >= 0.3 is 0 Å². The number of aromatic nitrogens is 3. The summed E-state index contributed by atoms with van der Waals surface area (Å²) in [4.78, 5) is 4.42. The first-order chi connectivity index (χ1) is 12.2. The van der Waals surface area contributed by atoms with Gasteiger partial charge in [0.1, 0.15) is 11.6 Å². The van der Waals surface area contributed by atoms with Crippen molar-refractivity contribution in [3.05, 3.63) is 42.2 Å². The van der Waals surface area contributed by atoms with Gasteiger partial charge in [0.25, 0.3) is 0 Å². The molecule has 0 radical (unpaired) electrons. The van der Waals surface area contributed by atoms with E-state index in [1.165, 1.54) is 0 Å². The minimum Gasteiger partial charge on any atom is -0.494 e. The largest absolute Gasteiger partial charge is 0.494 e. The molecule has 0 aliphatic carbocycles. The third kappa shape index (κ3) is 3.83. The first kappa shape index (κ1) is 17.0. The Morgan fingerprint density at radius 2 is 2.00 bits per heavy atom. The Balaban J connectivity index is 1.94. The number of unbranched alkanes of at least 4 members (excludes halogenated alkanes) is 1. The van der Waals surface area contributed by atoms with E-state index in [9.17, 15) is 0 Å². The summed E-state index contributed by atoms with van der Waals surface area (Å²) in [7, 11) is 0. The molecule has 0 spiro atoms. The average molecular weight is 340 g/mol. The fraction of sp³-hybridized carbons (Fsp3) is 0.333. The molecule has 0 fully saturated rings. The smallest absolute Gasteiger partial charge is 0.177 e. The highest BCUT2D eigenvalue weighted by atomic mass is 16.5. The molecule has 2 aromatic heterocycles. The number of nitrogens with two attached hydrogens (primary N) is 2. The number of benzene rings is 1. The van der Waals surface area contributed by atoms with E-state index in [-0.39, 0.29) is 0 Å². The van der Waals surface area contributed by atoms with Gasteiger partial charge in [0.15, 0.2) is 5.65 Å². The van der Waals surface area contributed by atoms with Crippen LogP contribution in [-0.4, -0.2) is 27.7 Å². The second-order valence-electron chi connectivity index (χ2n) is 5.76. The molecule has 3 rings (SSSR count). The summed E-state index contributed by atoms with van der Waals surface area (Å²) < 4.78 is 7.18. The molecule has 0 unspecified atom stereocenters. The van der Waals surface area contributed by atoms with Crippen LogP contribution in [-0.2, 0) is 6.42 Å². The summed E-state index contributed by atoms with van der Waals surface area (Å²) in [5, 5.41) is 7.84. The zero-order valence-electron chi connectivity index (χ0n) is 14.4. The van der Waals surface area contributed by atoms with Crippen LogP contribution >= 0.6 is 0 Å². The van der Waals surface area contributed by atoms with Crippen LogP contribution in [0, 0.1) is 0 Å². The molecule has 3 aromatic rings. The van der Waals surface area contributed by atoms with Crippen LogP contribution in [0.2, 0.25) is 0 Å². The Kier molecular flexibility index (Phi) is 5.35. The first-order valence-corrected chi connectivity index (χ1v) is 8.54. The molecule has 7 heteroatoms. The zero-order valence-corrected chi connectivity index (χ0v) is 14.4. The first-order valence-electron chi connectivity index (χ1n) is 8.54. The fourth-order valence-corrected chi connectivity index (χ4v) is 2.77. The average Bonchev–Trinajstić information content (AvgIpc) is 3.07. The summed E-state index contributed by atoms with van der Waals surface area (Å²) in [6.07, 6.45) is 6.21. The molecule has 25 heavy (non-hydrogen) atoms. The van der Waals surface area contributed by atoms with Crippen LogP contribution < -0.4 is 21.5 Å². The zero-order chi connectivity index (χ0) is 17.6. The summed E-state index contributed by atoms with van der Waals surface area (Å²) in [6, 6.07) is 7.83. The molecule has 2 heterocycles. The molecule has 0 aliphatic heterocycles. The molecule has 132 valence electrons. The maximum absolute atomic E-state index is 6.20. The molecule has 7 nitrogen and oxygen atoms in total. The lowest BCUT2D eigenvalue weighted by Gasteiger charge is -2.15. The van der Waals surface area contributed by atoms with Gasteiger partial charge in [-0.05, 0) is 57.0 Å². The molecule has 5 N–H and O–H groups in total.